The Balaban J connectivity index is 2.09. The van der Waals surface area contributed by atoms with Crippen LogP contribution in [-0.4, -0.2) is 16.1 Å². The maximum Gasteiger partial charge on any atom is 0.0945 e. The lowest BCUT2D eigenvalue weighted by molar-refractivity contribution is 0.104. The van der Waals surface area contributed by atoms with E-state index in [1.54, 1.807) is 24.4 Å². The monoisotopic (exact) mass is 338 g/mol. The van der Waals surface area contributed by atoms with Gasteiger partial charge in [-0.1, -0.05) is 49.2 Å². The summed E-state index contributed by atoms with van der Waals surface area (Å²) < 4.78 is 0. The van der Waals surface area contributed by atoms with Crippen LogP contribution in [0.1, 0.15) is 31.2 Å². The predicted octanol–water partition coefficient (Wildman–Crippen LogP) is 4.24. The van der Waals surface area contributed by atoms with Gasteiger partial charge in [-0.3, -0.25) is 4.98 Å². The molecule has 118 valence electrons. The molecule has 2 N–H and O–H groups in total. The minimum atomic E-state index is -0.625. The maximum absolute atomic E-state index is 10.6. The highest BCUT2D eigenvalue weighted by molar-refractivity contribution is 6.31. The molecular weight excluding hydrogens is 319 g/mol. The molecule has 2 atom stereocenters. The number of pyridine rings is 1. The van der Waals surface area contributed by atoms with E-state index >= 15 is 0 Å². The predicted molar refractivity (Wildman–Crippen MR) is 91.1 cm³/mol. The molecule has 0 spiro atoms. The van der Waals surface area contributed by atoms with E-state index in [1.807, 2.05) is 18.2 Å². The third kappa shape index (κ3) is 4.43. The highest BCUT2D eigenvalue weighted by atomic mass is 35.5. The number of rotatable bonds is 6. The van der Waals surface area contributed by atoms with Crippen molar-refractivity contribution in [1.82, 2.24) is 10.3 Å². The molecule has 1 heterocycles. The van der Waals surface area contributed by atoms with E-state index in [1.165, 1.54) is 0 Å². The summed E-state index contributed by atoms with van der Waals surface area (Å²) >= 11 is 12.0. The largest absolute Gasteiger partial charge is 0.387 e. The van der Waals surface area contributed by atoms with E-state index in [0.29, 0.717) is 16.6 Å². The van der Waals surface area contributed by atoms with Gasteiger partial charge in [0.25, 0.3) is 0 Å². The van der Waals surface area contributed by atoms with Gasteiger partial charge in [0, 0.05) is 23.8 Å². The Labute approximate surface area is 141 Å². The van der Waals surface area contributed by atoms with Crippen LogP contribution in [0.3, 0.4) is 0 Å². The van der Waals surface area contributed by atoms with Crippen molar-refractivity contribution in [1.29, 1.82) is 0 Å². The SMILES string of the molecule is CC(C)C(NCc1ncccc1Cl)C(O)c1ccc(Cl)cc1. The summed E-state index contributed by atoms with van der Waals surface area (Å²) in [5.41, 5.74) is 1.61. The number of halogens is 2. The average Bonchev–Trinajstić information content (AvgIpc) is 2.49. The summed E-state index contributed by atoms with van der Waals surface area (Å²) in [5, 5.41) is 15.3. The molecule has 0 aliphatic heterocycles. The smallest absolute Gasteiger partial charge is 0.0945 e. The Morgan fingerprint density at radius 1 is 1.14 bits per heavy atom. The van der Waals surface area contributed by atoms with Gasteiger partial charge in [-0.25, -0.2) is 0 Å². The zero-order valence-corrected chi connectivity index (χ0v) is 14.1. The Morgan fingerprint density at radius 2 is 1.82 bits per heavy atom. The molecule has 2 rings (SSSR count). The van der Waals surface area contributed by atoms with Crippen LogP contribution in [0, 0.1) is 5.92 Å². The van der Waals surface area contributed by atoms with E-state index in [4.69, 9.17) is 23.2 Å². The summed E-state index contributed by atoms with van der Waals surface area (Å²) in [4.78, 5) is 4.26. The van der Waals surface area contributed by atoms with Crippen LogP contribution in [0.25, 0.3) is 0 Å². The van der Waals surface area contributed by atoms with Gasteiger partial charge in [0.2, 0.25) is 0 Å². The summed E-state index contributed by atoms with van der Waals surface area (Å²) in [5.74, 6) is 0.244. The fourth-order valence-electron chi connectivity index (χ4n) is 2.34. The van der Waals surface area contributed by atoms with Crippen LogP contribution in [0.5, 0.6) is 0 Å². The van der Waals surface area contributed by atoms with E-state index in [9.17, 15) is 5.11 Å². The third-order valence-corrected chi connectivity index (χ3v) is 4.21. The first kappa shape index (κ1) is 17.2. The minimum absolute atomic E-state index is 0.112. The second-order valence-corrected chi connectivity index (χ2v) is 6.42. The minimum Gasteiger partial charge on any atom is -0.387 e. The summed E-state index contributed by atoms with van der Waals surface area (Å²) in [7, 11) is 0. The van der Waals surface area contributed by atoms with Crippen molar-refractivity contribution in [2.75, 3.05) is 0 Å². The van der Waals surface area contributed by atoms with Crippen molar-refractivity contribution < 1.29 is 5.11 Å². The van der Waals surface area contributed by atoms with Crippen molar-refractivity contribution in [2.45, 2.75) is 32.5 Å². The molecule has 2 aromatic rings. The van der Waals surface area contributed by atoms with Crippen molar-refractivity contribution >= 4 is 23.2 Å². The highest BCUT2D eigenvalue weighted by Crippen LogP contribution is 2.24. The number of nitrogens with zero attached hydrogens (tertiary/aromatic N) is 1. The van der Waals surface area contributed by atoms with Gasteiger partial charge in [0.15, 0.2) is 0 Å². The quantitative estimate of drug-likeness (QED) is 0.828. The molecule has 0 saturated carbocycles. The fourth-order valence-corrected chi connectivity index (χ4v) is 2.66. The summed E-state index contributed by atoms with van der Waals surface area (Å²) in [6.07, 6.45) is 1.09. The lowest BCUT2D eigenvalue weighted by Gasteiger charge is -2.28. The molecule has 1 aromatic heterocycles. The first-order chi connectivity index (χ1) is 10.5. The number of aliphatic hydroxyl groups excluding tert-OH is 1. The van der Waals surface area contributed by atoms with Gasteiger partial charge in [0.05, 0.1) is 16.8 Å². The molecule has 5 heteroatoms. The third-order valence-electron chi connectivity index (χ3n) is 3.61. The lowest BCUT2D eigenvalue weighted by Crippen LogP contribution is -2.39. The van der Waals surface area contributed by atoms with Gasteiger partial charge in [-0.2, -0.15) is 0 Å². The topological polar surface area (TPSA) is 45.2 Å². The second kappa shape index (κ2) is 7.93. The van der Waals surface area contributed by atoms with Crippen molar-refractivity contribution in [3.8, 4) is 0 Å². The number of benzene rings is 1. The molecule has 22 heavy (non-hydrogen) atoms. The molecule has 1 aromatic carbocycles. The van der Waals surface area contributed by atoms with Gasteiger partial charge in [0.1, 0.15) is 0 Å². The highest BCUT2D eigenvalue weighted by Gasteiger charge is 2.24. The van der Waals surface area contributed by atoms with Crippen LogP contribution in [-0.2, 0) is 6.54 Å². The van der Waals surface area contributed by atoms with E-state index in [0.717, 1.165) is 11.3 Å². The number of aromatic nitrogens is 1. The molecule has 0 amide bonds. The van der Waals surface area contributed by atoms with Gasteiger partial charge < -0.3 is 10.4 Å². The molecular formula is C17H20Cl2N2O. The maximum atomic E-state index is 10.6. The van der Waals surface area contributed by atoms with Gasteiger partial charge in [-0.15, -0.1) is 0 Å². The number of hydrogen-bond acceptors (Lipinski definition) is 3. The molecule has 0 saturated heterocycles. The molecule has 0 bridgehead atoms. The standard InChI is InChI=1S/C17H20Cl2N2O/c1-11(2)16(17(22)12-5-7-13(18)8-6-12)21-10-15-14(19)4-3-9-20-15/h3-9,11,16-17,21-22H,10H2,1-2H3. The van der Waals surface area contributed by atoms with Crippen LogP contribution in [0.15, 0.2) is 42.6 Å². The first-order valence-electron chi connectivity index (χ1n) is 7.25. The Bertz CT molecular complexity index is 602. The number of nitrogens with one attached hydrogen (secondary N) is 1. The van der Waals surface area contributed by atoms with Crippen molar-refractivity contribution in [3.63, 3.8) is 0 Å². The molecule has 2 unspecified atom stereocenters. The van der Waals surface area contributed by atoms with Gasteiger partial charge in [-0.05, 0) is 35.7 Å². The first-order valence-corrected chi connectivity index (χ1v) is 8.01. The van der Waals surface area contributed by atoms with Crippen molar-refractivity contribution in [3.05, 3.63) is 63.9 Å². The Kier molecular flexibility index (Phi) is 6.21. The zero-order valence-electron chi connectivity index (χ0n) is 12.6. The second-order valence-electron chi connectivity index (χ2n) is 5.58. The Morgan fingerprint density at radius 3 is 2.41 bits per heavy atom. The van der Waals surface area contributed by atoms with Crippen LogP contribution < -0.4 is 5.32 Å². The van der Waals surface area contributed by atoms with Crippen LogP contribution in [0.2, 0.25) is 10.0 Å². The van der Waals surface area contributed by atoms with Crippen LogP contribution in [0.4, 0.5) is 0 Å². The molecule has 0 fully saturated rings. The lowest BCUT2D eigenvalue weighted by atomic mass is 9.93. The van der Waals surface area contributed by atoms with E-state index < -0.39 is 6.10 Å². The molecule has 0 aliphatic carbocycles. The van der Waals surface area contributed by atoms with Crippen molar-refractivity contribution in [2.24, 2.45) is 5.92 Å². The van der Waals surface area contributed by atoms with Crippen LogP contribution >= 0.6 is 23.2 Å². The summed E-state index contributed by atoms with van der Waals surface area (Å²) in [6, 6.07) is 10.8. The molecule has 3 nitrogen and oxygen atoms in total. The average molecular weight is 339 g/mol. The summed E-state index contributed by atoms with van der Waals surface area (Å²) in [6.45, 7) is 4.64. The fraction of sp³-hybridized carbons (Fsp3) is 0.353. The van der Waals surface area contributed by atoms with Gasteiger partial charge >= 0.3 is 0 Å². The number of aliphatic hydroxyl groups is 1. The van der Waals surface area contributed by atoms with E-state index in [2.05, 4.69) is 24.1 Å². The molecule has 0 aliphatic rings. The Hall–Kier alpha value is -1.13. The van der Waals surface area contributed by atoms with E-state index in [-0.39, 0.29) is 12.0 Å². The zero-order chi connectivity index (χ0) is 16.1. The normalized spacial score (nSPS) is 14.1. The molecule has 0 radical (unpaired) electrons. The number of hydrogen-bond donors (Lipinski definition) is 2.